The van der Waals surface area contributed by atoms with Crippen LogP contribution < -0.4 is 24.1 Å². The van der Waals surface area contributed by atoms with Gasteiger partial charge in [0.05, 0.1) is 0 Å². The Morgan fingerprint density at radius 1 is 1.05 bits per heavy atom. The SMILES string of the molecule is C[P](C)(N)C12CC3CC(CC(Br)(C3)C1)C2.[O-][Cl+3]([O-])([O-])[O-]. The van der Waals surface area contributed by atoms with Crippen LogP contribution in [0.5, 0.6) is 0 Å². The van der Waals surface area contributed by atoms with Crippen LogP contribution in [0.1, 0.15) is 38.5 Å². The first-order valence-corrected chi connectivity index (χ1v) is 11.5. The van der Waals surface area contributed by atoms with Crippen molar-refractivity contribution in [3.63, 3.8) is 0 Å². The predicted octanol–water partition coefficient (Wildman–Crippen LogP) is -1.13. The average molecular weight is 391 g/mol. The molecule has 4 aliphatic carbocycles. The minimum atomic E-state index is -4.94. The van der Waals surface area contributed by atoms with E-state index in [0.29, 0.717) is 9.48 Å². The molecule has 4 aliphatic rings. The second-order valence-corrected chi connectivity index (χ2v) is 13.7. The Labute approximate surface area is 131 Å². The summed E-state index contributed by atoms with van der Waals surface area (Å²) in [6, 6.07) is 0. The third-order valence-electron chi connectivity index (χ3n) is 5.18. The molecule has 1 radical (unpaired) electrons. The normalized spacial score (nSPS) is 43.2. The molecule has 0 spiro atoms. The van der Waals surface area contributed by atoms with Crippen LogP contribution in [0, 0.1) is 22.1 Å². The summed E-state index contributed by atoms with van der Waals surface area (Å²) in [6.07, 6.45) is 8.58. The summed E-state index contributed by atoms with van der Waals surface area (Å²) in [6.45, 7) is 4.72. The van der Waals surface area contributed by atoms with Gasteiger partial charge in [0.15, 0.2) is 0 Å². The second kappa shape index (κ2) is 5.27. The number of hydrogen-bond acceptors (Lipinski definition) is 5. The van der Waals surface area contributed by atoms with E-state index in [0.717, 1.165) is 11.8 Å². The smallest absolute Gasteiger partial charge is 0.0272 e. The van der Waals surface area contributed by atoms with E-state index < -0.39 is 17.7 Å². The van der Waals surface area contributed by atoms with Crippen molar-refractivity contribution in [2.75, 3.05) is 13.3 Å². The fraction of sp³-hybridized carbons (Fsp3) is 1.00. The van der Waals surface area contributed by atoms with Crippen molar-refractivity contribution in [1.82, 2.24) is 0 Å². The summed E-state index contributed by atoms with van der Waals surface area (Å²) < 4.78 is 34.5. The zero-order valence-corrected chi connectivity index (χ0v) is 15.0. The van der Waals surface area contributed by atoms with E-state index in [9.17, 15) is 0 Å². The molecular weight excluding hydrogens is 368 g/mol. The molecule has 0 saturated heterocycles. The van der Waals surface area contributed by atoms with E-state index in [-0.39, 0.29) is 0 Å². The summed E-state index contributed by atoms with van der Waals surface area (Å²) in [5, 5.41) is 0.542. The summed E-state index contributed by atoms with van der Waals surface area (Å²) in [4.78, 5) is 0. The Morgan fingerprint density at radius 2 is 1.45 bits per heavy atom. The van der Waals surface area contributed by atoms with Gasteiger partial charge in [-0.1, -0.05) is 23.3 Å². The first-order valence-electron chi connectivity index (χ1n) is 6.75. The number of halogens is 2. The molecule has 0 heterocycles. The molecule has 4 saturated carbocycles. The Hall–Kier alpha value is 1.000. The van der Waals surface area contributed by atoms with E-state index in [4.69, 9.17) is 24.1 Å². The highest BCUT2D eigenvalue weighted by Crippen LogP contribution is 2.74. The first kappa shape index (κ1) is 17.4. The van der Waals surface area contributed by atoms with E-state index in [2.05, 4.69) is 29.3 Å². The molecule has 20 heavy (non-hydrogen) atoms. The first-order chi connectivity index (χ1) is 8.82. The molecule has 0 amide bonds. The van der Waals surface area contributed by atoms with Gasteiger partial charge < -0.3 is 5.50 Å². The monoisotopic (exact) mass is 389 g/mol. The van der Waals surface area contributed by atoms with E-state index >= 15 is 0 Å². The maximum Gasteiger partial charge on any atom is 0.0272 e. The molecule has 0 aromatic carbocycles. The lowest BCUT2D eigenvalue weighted by molar-refractivity contribution is -2.00. The molecule has 4 rings (SSSR count). The van der Waals surface area contributed by atoms with Crippen LogP contribution in [0.3, 0.4) is 0 Å². The summed E-state index contributed by atoms with van der Waals surface area (Å²) >= 11 is 4.05. The van der Waals surface area contributed by atoms with Crippen LogP contribution in [0.4, 0.5) is 0 Å². The van der Waals surface area contributed by atoms with Gasteiger partial charge in [0.2, 0.25) is 0 Å². The minimum absolute atomic E-state index is 0.480. The number of alkyl halides is 1. The largest absolute Gasteiger partial charge is 0.313 e. The number of nitrogens with two attached hydrogens (primary N) is 1. The van der Waals surface area contributed by atoms with Crippen molar-refractivity contribution in [1.29, 1.82) is 0 Å². The minimum Gasteiger partial charge on any atom is -0.313 e. The fourth-order valence-electron chi connectivity index (χ4n) is 4.78. The molecular formula is C12H22BrClNO4P-. The molecule has 2 atom stereocenters. The van der Waals surface area contributed by atoms with Crippen LogP contribution in [0.25, 0.3) is 0 Å². The van der Waals surface area contributed by atoms with Crippen LogP contribution in [-0.4, -0.2) is 22.8 Å². The van der Waals surface area contributed by atoms with Crippen molar-refractivity contribution in [2.24, 2.45) is 17.3 Å². The summed E-state index contributed by atoms with van der Waals surface area (Å²) in [7, 11) is -6.13. The van der Waals surface area contributed by atoms with Gasteiger partial charge in [-0.05, 0) is 63.7 Å². The Morgan fingerprint density at radius 3 is 1.75 bits per heavy atom. The van der Waals surface area contributed by atoms with Crippen molar-refractivity contribution < 1.29 is 28.9 Å². The van der Waals surface area contributed by atoms with Crippen LogP contribution in [-0.2, 0) is 0 Å². The molecule has 119 valence electrons. The van der Waals surface area contributed by atoms with Crippen LogP contribution >= 0.6 is 23.3 Å². The highest BCUT2D eigenvalue weighted by molar-refractivity contribution is 9.10. The van der Waals surface area contributed by atoms with Gasteiger partial charge in [0.25, 0.3) is 0 Å². The maximum absolute atomic E-state index is 8.49. The molecule has 2 N–H and O–H groups in total. The van der Waals surface area contributed by atoms with Gasteiger partial charge in [-0.15, -0.1) is 10.2 Å². The van der Waals surface area contributed by atoms with E-state index in [1.54, 1.807) is 0 Å². The van der Waals surface area contributed by atoms with Gasteiger partial charge in [-0.2, -0.15) is 0 Å². The zero-order valence-electron chi connectivity index (χ0n) is 11.8. The van der Waals surface area contributed by atoms with Gasteiger partial charge >= 0.3 is 0 Å². The second-order valence-electron chi connectivity index (χ2n) is 7.25. The molecule has 0 aromatic heterocycles. The van der Waals surface area contributed by atoms with Gasteiger partial charge in [0.1, 0.15) is 0 Å². The Kier molecular flexibility index (Phi) is 4.58. The zero-order chi connectivity index (χ0) is 15.4. The van der Waals surface area contributed by atoms with Crippen molar-refractivity contribution in [3.8, 4) is 0 Å². The molecule has 4 fully saturated rings. The highest BCUT2D eigenvalue weighted by atomic mass is 79.9. The topological polar surface area (TPSA) is 118 Å². The lowest BCUT2D eigenvalue weighted by atomic mass is 9.56. The molecule has 2 unspecified atom stereocenters. The molecule has 0 aromatic rings. The number of rotatable bonds is 1. The third-order valence-corrected chi connectivity index (χ3v) is 9.08. The van der Waals surface area contributed by atoms with Gasteiger partial charge in [0, 0.05) is 9.48 Å². The lowest BCUT2D eigenvalue weighted by Gasteiger charge is -2.65. The van der Waals surface area contributed by atoms with Crippen molar-refractivity contribution in [3.05, 3.63) is 0 Å². The standard InChI is InChI=1S/C12H22BrNP.ClHO4/c1-15(2,14)12-6-9-3-10(7-12)5-11(13,4-9)8-12;2-1(3,4)5/h9-10H,3-8,14H2,1-2H3;(H,2,3,4,5)/p-1. The molecule has 4 bridgehead atoms. The number of hydrogen-bond donors (Lipinski definition) is 1. The maximum atomic E-state index is 8.49. The Bertz CT molecular complexity index is 365. The van der Waals surface area contributed by atoms with Crippen molar-refractivity contribution in [2.45, 2.75) is 48.0 Å². The van der Waals surface area contributed by atoms with Crippen molar-refractivity contribution >= 4 is 23.3 Å². The predicted molar refractivity (Wildman–Crippen MR) is 72.0 cm³/mol. The molecule has 5 nitrogen and oxygen atoms in total. The van der Waals surface area contributed by atoms with Gasteiger partial charge in [-0.3, -0.25) is 0 Å². The van der Waals surface area contributed by atoms with Crippen LogP contribution in [0.2, 0.25) is 0 Å². The average Bonchev–Trinajstić information content (AvgIpc) is 2.07. The quantitative estimate of drug-likeness (QED) is 0.449. The molecule has 8 heteroatoms. The van der Waals surface area contributed by atoms with E-state index in [1.807, 2.05) is 0 Å². The third kappa shape index (κ3) is 3.85. The van der Waals surface area contributed by atoms with Crippen LogP contribution in [0.15, 0.2) is 0 Å². The van der Waals surface area contributed by atoms with E-state index in [1.165, 1.54) is 38.5 Å². The highest BCUT2D eigenvalue weighted by Gasteiger charge is 2.60. The summed E-state index contributed by atoms with van der Waals surface area (Å²) in [5.74, 6) is 1.96. The van der Waals surface area contributed by atoms with Gasteiger partial charge in [-0.25, -0.2) is 18.6 Å². The Balaban J connectivity index is 0.000000257. The fourth-order valence-corrected chi connectivity index (χ4v) is 8.61. The lowest BCUT2D eigenvalue weighted by Crippen LogP contribution is -2.68. The molecule has 0 aliphatic heterocycles. The summed E-state index contributed by atoms with van der Waals surface area (Å²) in [5.41, 5.74) is 6.58.